The molecule has 0 unspecified atom stereocenters. The summed E-state index contributed by atoms with van der Waals surface area (Å²) in [6, 6.07) is 5.33. The van der Waals surface area contributed by atoms with Crippen molar-refractivity contribution in [3.8, 4) is 5.75 Å². The molecule has 8 heteroatoms. The number of piperidine rings is 1. The monoisotopic (exact) mass is 470 g/mol. The minimum Gasteiger partial charge on any atom is -0.492 e. The van der Waals surface area contributed by atoms with Crippen LogP contribution in [0.15, 0.2) is 22.7 Å². The Hall–Kier alpha value is -1.67. The van der Waals surface area contributed by atoms with Crippen molar-refractivity contribution in [2.45, 2.75) is 33.6 Å². The maximum atomic E-state index is 12.8. The number of rotatable bonds is 6. The number of likely N-dealkylation sites (tertiary alicyclic amines) is 1. The third-order valence-corrected chi connectivity index (χ3v) is 5.23. The minimum absolute atomic E-state index is 0.101. The van der Waals surface area contributed by atoms with Gasteiger partial charge in [0.2, 0.25) is 0 Å². The summed E-state index contributed by atoms with van der Waals surface area (Å²) < 4.78 is 11.6. The Morgan fingerprint density at radius 3 is 2.61 bits per heavy atom. The van der Waals surface area contributed by atoms with E-state index in [1.807, 2.05) is 24.8 Å². The largest absolute Gasteiger partial charge is 0.492 e. The Kier molecular flexibility index (Phi) is 8.69. The summed E-state index contributed by atoms with van der Waals surface area (Å²) in [6.45, 7) is 8.03. The van der Waals surface area contributed by atoms with E-state index in [0.29, 0.717) is 61.5 Å². The van der Waals surface area contributed by atoms with Gasteiger partial charge >= 0.3 is 5.97 Å². The van der Waals surface area contributed by atoms with E-state index in [-0.39, 0.29) is 17.8 Å². The lowest BCUT2D eigenvalue weighted by Gasteiger charge is -2.32. The summed E-state index contributed by atoms with van der Waals surface area (Å²) in [7, 11) is 0. The van der Waals surface area contributed by atoms with Gasteiger partial charge in [0.05, 0.1) is 24.7 Å². The first-order chi connectivity index (χ1) is 13.3. The molecule has 1 aliphatic rings. The molecule has 0 saturated carbocycles. The number of halogens is 1. The second kappa shape index (κ2) is 10.8. The topological polar surface area (TPSA) is 67.9 Å². The number of benzene rings is 1. The van der Waals surface area contributed by atoms with Crippen LogP contribution < -0.4 is 10.1 Å². The minimum atomic E-state index is -0.308. The number of amides is 1. The van der Waals surface area contributed by atoms with Crippen LogP contribution in [0.25, 0.3) is 0 Å². The third-order valence-electron chi connectivity index (χ3n) is 4.38. The van der Waals surface area contributed by atoms with Crippen molar-refractivity contribution >= 4 is 45.1 Å². The molecule has 1 aliphatic heterocycles. The molecule has 1 aromatic carbocycles. The number of hydrogen-bond acceptors (Lipinski definition) is 5. The van der Waals surface area contributed by atoms with Gasteiger partial charge in [-0.2, -0.15) is 0 Å². The van der Waals surface area contributed by atoms with Gasteiger partial charge in [-0.3, -0.25) is 14.9 Å². The first kappa shape index (κ1) is 22.6. The highest BCUT2D eigenvalue weighted by Crippen LogP contribution is 2.24. The summed E-state index contributed by atoms with van der Waals surface area (Å²) in [4.78, 5) is 26.5. The molecule has 1 heterocycles. The van der Waals surface area contributed by atoms with Crippen molar-refractivity contribution in [1.82, 2.24) is 10.2 Å². The van der Waals surface area contributed by atoms with Gasteiger partial charge in [-0.25, -0.2) is 0 Å². The Labute approximate surface area is 180 Å². The van der Waals surface area contributed by atoms with Gasteiger partial charge in [0, 0.05) is 17.6 Å². The van der Waals surface area contributed by atoms with Gasteiger partial charge in [0.1, 0.15) is 5.75 Å². The lowest BCUT2D eigenvalue weighted by Crippen LogP contribution is -2.47. The van der Waals surface area contributed by atoms with Gasteiger partial charge in [-0.1, -0.05) is 29.8 Å². The number of nitrogens with one attached hydrogen (secondary N) is 1. The number of thiocarbonyl (C=S) groups is 1. The second-order valence-corrected chi connectivity index (χ2v) is 8.42. The van der Waals surface area contributed by atoms with Crippen molar-refractivity contribution < 1.29 is 19.1 Å². The number of carbonyl (C=O) groups is 2. The van der Waals surface area contributed by atoms with E-state index in [0.717, 1.165) is 4.47 Å². The highest BCUT2D eigenvalue weighted by molar-refractivity contribution is 9.10. The fourth-order valence-corrected chi connectivity index (χ4v) is 3.52. The highest BCUT2D eigenvalue weighted by atomic mass is 79.9. The predicted octanol–water partition coefficient (Wildman–Crippen LogP) is 3.77. The van der Waals surface area contributed by atoms with E-state index in [2.05, 4.69) is 21.2 Å². The first-order valence-corrected chi connectivity index (χ1v) is 10.7. The standard InChI is InChI=1S/C20H27BrN2O4S/c1-4-26-19(25)14-7-9-23(10-8-14)20(28)22-18(24)16-11-15(21)5-6-17(16)27-12-13(2)3/h5-6,11,13-14H,4,7-10,12H2,1-3H3,(H,22,24,28). The maximum Gasteiger partial charge on any atom is 0.309 e. The molecule has 6 nitrogen and oxygen atoms in total. The number of esters is 1. The Bertz CT molecular complexity index is 718. The number of ether oxygens (including phenoxy) is 2. The van der Waals surface area contributed by atoms with Crippen LogP contribution in [-0.4, -0.2) is 48.2 Å². The van der Waals surface area contributed by atoms with Gasteiger partial charge in [-0.05, 0) is 56.1 Å². The van der Waals surface area contributed by atoms with Crippen molar-refractivity contribution in [2.24, 2.45) is 11.8 Å². The maximum absolute atomic E-state index is 12.8. The van der Waals surface area contributed by atoms with Crippen molar-refractivity contribution in [3.05, 3.63) is 28.2 Å². The highest BCUT2D eigenvalue weighted by Gasteiger charge is 2.28. The molecule has 1 amide bonds. The summed E-state index contributed by atoms with van der Waals surface area (Å²) in [5, 5.41) is 3.15. The van der Waals surface area contributed by atoms with Gasteiger partial charge < -0.3 is 14.4 Å². The molecule has 0 radical (unpaired) electrons. The zero-order valence-corrected chi connectivity index (χ0v) is 18.9. The summed E-state index contributed by atoms with van der Waals surface area (Å²) in [5.41, 5.74) is 0.429. The number of carbonyl (C=O) groups excluding carboxylic acids is 2. The molecule has 154 valence electrons. The third kappa shape index (κ3) is 6.44. The van der Waals surface area contributed by atoms with E-state index < -0.39 is 0 Å². The predicted molar refractivity (Wildman–Crippen MR) is 115 cm³/mol. The molecule has 0 atom stereocenters. The number of nitrogens with zero attached hydrogens (tertiary/aromatic N) is 1. The average molecular weight is 471 g/mol. The second-order valence-electron chi connectivity index (χ2n) is 7.12. The van der Waals surface area contributed by atoms with Crippen molar-refractivity contribution in [1.29, 1.82) is 0 Å². The Morgan fingerprint density at radius 1 is 1.32 bits per heavy atom. The molecule has 0 bridgehead atoms. The lowest BCUT2D eigenvalue weighted by molar-refractivity contribution is -0.149. The molecule has 28 heavy (non-hydrogen) atoms. The zero-order valence-electron chi connectivity index (χ0n) is 16.5. The SMILES string of the molecule is CCOC(=O)C1CCN(C(=S)NC(=O)c2cc(Br)ccc2OCC(C)C)CC1. The first-order valence-electron chi connectivity index (χ1n) is 9.51. The van der Waals surface area contributed by atoms with Crippen LogP contribution in [0, 0.1) is 11.8 Å². The fraction of sp³-hybridized carbons (Fsp3) is 0.550. The molecular formula is C20H27BrN2O4S. The molecule has 0 aliphatic carbocycles. The van der Waals surface area contributed by atoms with E-state index in [9.17, 15) is 9.59 Å². The van der Waals surface area contributed by atoms with Crippen LogP contribution in [-0.2, 0) is 9.53 Å². The van der Waals surface area contributed by atoms with Gasteiger partial charge in [0.25, 0.3) is 5.91 Å². The normalized spacial score (nSPS) is 14.7. The molecule has 1 fully saturated rings. The fourth-order valence-electron chi connectivity index (χ4n) is 2.88. The van der Waals surface area contributed by atoms with Crippen molar-refractivity contribution in [2.75, 3.05) is 26.3 Å². The Balaban J connectivity index is 1.97. The van der Waals surface area contributed by atoms with E-state index in [4.69, 9.17) is 21.7 Å². The van der Waals surface area contributed by atoms with Crippen LogP contribution in [0.5, 0.6) is 5.75 Å². The van der Waals surface area contributed by atoms with Crippen LogP contribution in [0.3, 0.4) is 0 Å². The average Bonchev–Trinajstić information content (AvgIpc) is 2.67. The molecule has 0 spiro atoms. The smallest absolute Gasteiger partial charge is 0.309 e. The van der Waals surface area contributed by atoms with E-state index in [1.165, 1.54) is 0 Å². The molecule has 1 N–H and O–H groups in total. The van der Waals surface area contributed by atoms with Gasteiger partial charge in [-0.15, -0.1) is 0 Å². The molecule has 2 rings (SSSR count). The van der Waals surface area contributed by atoms with Crippen LogP contribution in [0.2, 0.25) is 0 Å². The summed E-state index contributed by atoms with van der Waals surface area (Å²) >= 11 is 8.81. The van der Waals surface area contributed by atoms with E-state index in [1.54, 1.807) is 19.1 Å². The van der Waals surface area contributed by atoms with Crippen LogP contribution >= 0.6 is 28.1 Å². The molecule has 0 aromatic heterocycles. The van der Waals surface area contributed by atoms with Crippen LogP contribution in [0.1, 0.15) is 44.0 Å². The number of hydrogen-bond donors (Lipinski definition) is 1. The summed E-state index contributed by atoms with van der Waals surface area (Å²) in [5.74, 6) is 0.311. The quantitative estimate of drug-likeness (QED) is 0.503. The van der Waals surface area contributed by atoms with E-state index >= 15 is 0 Å². The van der Waals surface area contributed by atoms with Crippen molar-refractivity contribution in [3.63, 3.8) is 0 Å². The molecular weight excluding hydrogens is 444 g/mol. The Morgan fingerprint density at radius 2 is 2.00 bits per heavy atom. The van der Waals surface area contributed by atoms with Crippen LogP contribution in [0.4, 0.5) is 0 Å². The molecule has 1 aromatic rings. The zero-order chi connectivity index (χ0) is 20.7. The summed E-state index contributed by atoms with van der Waals surface area (Å²) in [6.07, 6.45) is 1.32. The van der Waals surface area contributed by atoms with Gasteiger partial charge in [0.15, 0.2) is 5.11 Å². The molecule has 1 saturated heterocycles. The lowest BCUT2D eigenvalue weighted by atomic mass is 9.97.